The van der Waals surface area contributed by atoms with Crippen LogP contribution in [0.2, 0.25) is 5.02 Å². The van der Waals surface area contributed by atoms with Gasteiger partial charge in [0.1, 0.15) is 17.1 Å². The highest BCUT2D eigenvalue weighted by molar-refractivity contribution is 6.33. The van der Waals surface area contributed by atoms with E-state index in [4.69, 9.17) is 21.1 Å². The summed E-state index contributed by atoms with van der Waals surface area (Å²) in [4.78, 5) is 21.9. The van der Waals surface area contributed by atoms with Crippen molar-refractivity contribution in [1.29, 1.82) is 0 Å². The van der Waals surface area contributed by atoms with Crippen LogP contribution in [0.15, 0.2) is 36.5 Å². The zero-order chi connectivity index (χ0) is 24.2. The number of anilines is 3. The number of pyridine rings is 1. The molecule has 0 radical (unpaired) electrons. The minimum atomic E-state index is -0.507. The fourth-order valence-electron chi connectivity index (χ4n) is 4.00. The fraction of sp³-hybridized carbons (Fsp3) is 0.360. The molecule has 0 unspecified atom stereocenters. The first-order valence-electron chi connectivity index (χ1n) is 11.3. The van der Waals surface area contributed by atoms with Crippen LogP contribution in [0.3, 0.4) is 0 Å². The lowest BCUT2D eigenvalue weighted by Crippen LogP contribution is -2.44. The summed E-state index contributed by atoms with van der Waals surface area (Å²) >= 11 is 6.29. The first kappa shape index (κ1) is 24.0. The molecule has 1 N–H and O–H groups in total. The lowest BCUT2D eigenvalue weighted by Gasteiger charge is -2.35. The predicted molar refractivity (Wildman–Crippen MR) is 133 cm³/mol. The molecule has 4 rings (SSSR count). The minimum Gasteiger partial charge on any atom is -0.492 e. The van der Waals surface area contributed by atoms with E-state index in [-0.39, 0.29) is 17.2 Å². The summed E-state index contributed by atoms with van der Waals surface area (Å²) in [6.45, 7) is 7.99. The predicted octanol–water partition coefficient (Wildman–Crippen LogP) is 5.10. The number of nitrogens with zero attached hydrogens (tertiary/aromatic N) is 3. The van der Waals surface area contributed by atoms with Crippen LogP contribution in [0.5, 0.6) is 5.75 Å². The Morgan fingerprint density at radius 1 is 1.15 bits per heavy atom. The van der Waals surface area contributed by atoms with E-state index in [9.17, 15) is 9.18 Å². The number of likely N-dealkylation sites (N-methyl/N-ethyl adjacent to an activating group) is 1. The van der Waals surface area contributed by atoms with Crippen molar-refractivity contribution in [3.63, 3.8) is 0 Å². The van der Waals surface area contributed by atoms with E-state index in [0.717, 1.165) is 37.6 Å². The van der Waals surface area contributed by atoms with Crippen molar-refractivity contribution in [1.82, 2.24) is 9.88 Å². The fourth-order valence-corrected chi connectivity index (χ4v) is 4.21. The first-order chi connectivity index (χ1) is 16.4. The Labute approximate surface area is 203 Å². The Bertz CT molecular complexity index is 1200. The number of nitrogens with one attached hydrogen (secondary N) is 1. The van der Waals surface area contributed by atoms with E-state index < -0.39 is 11.8 Å². The highest BCUT2D eigenvalue weighted by Gasteiger charge is 2.23. The van der Waals surface area contributed by atoms with E-state index in [0.29, 0.717) is 28.9 Å². The largest absolute Gasteiger partial charge is 0.492 e. The van der Waals surface area contributed by atoms with E-state index in [1.54, 1.807) is 6.92 Å². The van der Waals surface area contributed by atoms with Gasteiger partial charge in [-0.25, -0.2) is 9.18 Å². The molecule has 7 nitrogen and oxygen atoms in total. The van der Waals surface area contributed by atoms with Crippen LogP contribution in [0, 0.1) is 5.82 Å². The Balaban J connectivity index is 1.89. The van der Waals surface area contributed by atoms with Gasteiger partial charge < -0.3 is 24.6 Å². The van der Waals surface area contributed by atoms with Crippen LogP contribution in [-0.4, -0.2) is 62.3 Å². The molecule has 1 aliphatic heterocycles. The number of esters is 1. The highest BCUT2D eigenvalue weighted by Crippen LogP contribution is 2.39. The lowest BCUT2D eigenvalue weighted by molar-refractivity contribution is 0.0527. The molecule has 34 heavy (non-hydrogen) atoms. The van der Waals surface area contributed by atoms with Gasteiger partial charge in [0.05, 0.1) is 40.8 Å². The Morgan fingerprint density at radius 2 is 1.91 bits per heavy atom. The van der Waals surface area contributed by atoms with Crippen molar-refractivity contribution < 1.29 is 18.7 Å². The van der Waals surface area contributed by atoms with E-state index in [1.165, 1.54) is 24.4 Å². The van der Waals surface area contributed by atoms with Gasteiger partial charge in [0, 0.05) is 43.8 Å². The van der Waals surface area contributed by atoms with Crippen LogP contribution >= 0.6 is 11.6 Å². The molecule has 180 valence electrons. The highest BCUT2D eigenvalue weighted by atomic mass is 35.5. The zero-order valence-corrected chi connectivity index (χ0v) is 20.3. The van der Waals surface area contributed by atoms with Crippen molar-refractivity contribution in [2.45, 2.75) is 13.8 Å². The SMILES string of the molecule is CCOC(=O)c1cnc2cc(OCC)c(N3CCN(C)CC3)cc2c1Nc1ccc(F)cc1Cl. The molecular formula is C25H28ClFN4O3. The number of hydrogen-bond acceptors (Lipinski definition) is 7. The Kier molecular flexibility index (Phi) is 7.38. The average Bonchev–Trinajstić information content (AvgIpc) is 2.81. The summed E-state index contributed by atoms with van der Waals surface area (Å²) in [7, 11) is 2.10. The average molecular weight is 487 g/mol. The quantitative estimate of drug-likeness (QED) is 0.466. The monoisotopic (exact) mass is 486 g/mol. The van der Waals surface area contributed by atoms with Gasteiger partial charge in [0.2, 0.25) is 0 Å². The maximum atomic E-state index is 13.6. The number of fused-ring (bicyclic) bond motifs is 1. The zero-order valence-electron chi connectivity index (χ0n) is 19.5. The second-order valence-electron chi connectivity index (χ2n) is 8.08. The van der Waals surface area contributed by atoms with Gasteiger partial charge in [-0.2, -0.15) is 0 Å². The molecule has 0 atom stereocenters. The number of ether oxygens (including phenoxy) is 2. The molecule has 0 amide bonds. The van der Waals surface area contributed by atoms with Crippen molar-refractivity contribution in [2.24, 2.45) is 0 Å². The van der Waals surface area contributed by atoms with E-state index in [1.807, 2.05) is 19.1 Å². The third kappa shape index (κ3) is 5.03. The molecule has 1 fully saturated rings. The van der Waals surface area contributed by atoms with Crippen molar-refractivity contribution in [3.8, 4) is 5.75 Å². The molecular weight excluding hydrogens is 459 g/mol. The molecule has 9 heteroatoms. The molecule has 0 spiro atoms. The number of carbonyl (C=O) groups is 1. The van der Waals surface area contributed by atoms with E-state index in [2.05, 4.69) is 27.1 Å². The topological polar surface area (TPSA) is 66.9 Å². The second-order valence-corrected chi connectivity index (χ2v) is 8.48. The minimum absolute atomic E-state index is 0.199. The number of rotatable bonds is 7. The number of carbonyl (C=O) groups excluding carboxylic acids is 1. The number of aromatic nitrogens is 1. The van der Waals surface area contributed by atoms with Crippen LogP contribution < -0.4 is 15.0 Å². The summed E-state index contributed by atoms with van der Waals surface area (Å²) in [5.41, 5.74) is 2.81. The summed E-state index contributed by atoms with van der Waals surface area (Å²) in [6, 6.07) is 7.94. The van der Waals surface area contributed by atoms with Gasteiger partial charge in [-0.1, -0.05) is 11.6 Å². The van der Waals surface area contributed by atoms with Gasteiger partial charge in [-0.15, -0.1) is 0 Å². The molecule has 0 aliphatic carbocycles. The lowest BCUT2D eigenvalue weighted by atomic mass is 10.1. The molecule has 1 saturated heterocycles. The molecule has 0 bridgehead atoms. The summed E-state index contributed by atoms with van der Waals surface area (Å²) in [6.07, 6.45) is 1.48. The van der Waals surface area contributed by atoms with Gasteiger partial charge in [-0.3, -0.25) is 4.98 Å². The van der Waals surface area contributed by atoms with Gasteiger partial charge in [0.15, 0.2) is 0 Å². The Hall–Kier alpha value is -3.10. The second kappa shape index (κ2) is 10.4. The summed E-state index contributed by atoms with van der Waals surface area (Å²) in [5, 5.41) is 4.14. The van der Waals surface area contributed by atoms with Gasteiger partial charge >= 0.3 is 5.97 Å². The standard InChI is InChI=1S/C25H28ClFN4O3/c1-4-33-23-14-21-17(13-22(23)31-10-8-30(3)9-11-31)24(18(15-28-21)25(32)34-5-2)29-20-7-6-16(27)12-19(20)26/h6-7,12-15H,4-5,8-11H2,1-3H3,(H,28,29). The Morgan fingerprint density at radius 3 is 2.59 bits per heavy atom. The third-order valence-corrected chi connectivity index (χ3v) is 6.09. The van der Waals surface area contributed by atoms with Crippen molar-refractivity contribution in [2.75, 3.05) is 56.7 Å². The normalized spacial score (nSPS) is 14.3. The number of benzene rings is 2. The van der Waals surface area contributed by atoms with Crippen molar-refractivity contribution >= 4 is 45.5 Å². The van der Waals surface area contributed by atoms with Gasteiger partial charge in [-0.05, 0) is 45.2 Å². The smallest absolute Gasteiger partial charge is 0.341 e. The number of hydrogen-bond donors (Lipinski definition) is 1. The molecule has 1 aliphatic rings. The van der Waals surface area contributed by atoms with Crippen LogP contribution in [0.4, 0.5) is 21.5 Å². The van der Waals surface area contributed by atoms with Crippen LogP contribution in [-0.2, 0) is 4.74 Å². The molecule has 0 saturated carbocycles. The number of halogens is 2. The van der Waals surface area contributed by atoms with Gasteiger partial charge in [0.25, 0.3) is 0 Å². The molecule has 3 aromatic rings. The van der Waals surface area contributed by atoms with Crippen molar-refractivity contribution in [3.05, 3.63) is 52.9 Å². The maximum absolute atomic E-state index is 13.6. The number of piperazine rings is 1. The van der Waals surface area contributed by atoms with E-state index >= 15 is 0 Å². The summed E-state index contributed by atoms with van der Waals surface area (Å²) < 4.78 is 24.9. The maximum Gasteiger partial charge on any atom is 0.341 e. The molecule has 2 heterocycles. The van der Waals surface area contributed by atoms with Crippen LogP contribution in [0.1, 0.15) is 24.2 Å². The van der Waals surface area contributed by atoms with Crippen LogP contribution in [0.25, 0.3) is 10.9 Å². The molecule has 1 aromatic heterocycles. The third-order valence-electron chi connectivity index (χ3n) is 5.78. The summed E-state index contributed by atoms with van der Waals surface area (Å²) in [5.74, 6) is -0.214. The molecule has 2 aromatic carbocycles. The first-order valence-corrected chi connectivity index (χ1v) is 11.7.